The van der Waals surface area contributed by atoms with Crippen molar-refractivity contribution in [3.05, 3.63) is 0 Å². The SMILES string of the molecule is CCS(=O)(=O)CCCC(O)(CC(C)C)CC(C)C. The first-order valence-electron chi connectivity index (χ1n) is 7.03. The minimum Gasteiger partial charge on any atom is -0.390 e. The van der Waals surface area contributed by atoms with Crippen LogP contribution in [0.1, 0.15) is 60.3 Å². The van der Waals surface area contributed by atoms with Gasteiger partial charge < -0.3 is 5.11 Å². The van der Waals surface area contributed by atoms with E-state index in [9.17, 15) is 13.5 Å². The Hall–Kier alpha value is -0.0900. The van der Waals surface area contributed by atoms with Crippen LogP contribution in [0.3, 0.4) is 0 Å². The predicted molar refractivity (Wildman–Crippen MR) is 77.4 cm³/mol. The molecular weight excluding hydrogens is 248 g/mol. The molecular formula is C14H30O3S. The van der Waals surface area contributed by atoms with Crippen molar-refractivity contribution in [2.24, 2.45) is 11.8 Å². The Morgan fingerprint density at radius 1 is 1.06 bits per heavy atom. The van der Waals surface area contributed by atoms with E-state index >= 15 is 0 Å². The van der Waals surface area contributed by atoms with E-state index < -0.39 is 15.4 Å². The largest absolute Gasteiger partial charge is 0.390 e. The topological polar surface area (TPSA) is 54.4 Å². The lowest BCUT2D eigenvalue weighted by Crippen LogP contribution is -2.33. The molecule has 3 nitrogen and oxygen atoms in total. The van der Waals surface area contributed by atoms with E-state index in [2.05, 4.69) is 27.7 Å². The van der Waals surface area contributed by atoms with Gasteiger partial charge in [0.15, 0.2) is 0 Å². The first-order chi connectivity index (χ1) is 8.10. The minimum absolute atomic E-state index is 0.194. The predicted octanol–water partition coefficient (Wildman–Crippen LogP) is 3.02. The first kappa shape index (κ1) is 17.9. The Labute approximate surface area is 113 Å². The van der Waals surface area contributed by atoms with Crippen molar-refractivity contribution in [1.82, 2.24) is 0 Å². The van der Waals surface area contributed by atoms with E-state index in [-0.39, 0.29) is 11.5 Å². The Kier molecular flexibility index (Phi) is 7.45. The highest BCUT2D eigenvalue weighted by Gasteiger charge is 2.29. The summed E-state index contributed by atoms with van der Waals surface area (Å²) in [6, 6.07) is 0. The zero-order valence-electron chi connectivity index (χ0n) is 12.6. The van der Waals surface area contributed by atoms with Gasteiger partial charge in [0.2, 0.25) is 0 Å². The highest BCUT2D eigenvalue weighted by atomic mass is 32.2. The molecule has 0 unspecified atom stereocenters. The highest BCUT2D eigenvalue weighted by molar-refractivity contribution is 7.91. The van der Waals surface area contributed by atoms with Crippen LogP contribution in [-0.4, -0.2) is 30.6 Å². The second kappa shape index (κ2) is 7.49. The minimum atomic E-state index is -2.91. The molecule has 0 fully saturated rings. The van der Waals surface area contributed by atoms with Gasteiger partial charge in [-0.1, -0.05) is 34.6 Å². The number of hydrogen-bond acceptors (Lipinski definition) is 3. The quantitative estimate of drug-likeness (QED) is 0.705. The smallest absolute Gasteiger partial charge is 0.150 e. The van der Waals surface area contributed by atoms with E-state index in [1.54, 1.807) is 6.92 Å². The Bertz CT molecular complexity index is 308. The maximum Gasteiger partial charge on any atom is 0.150 e. The van der Waals surface area contributed by atoms with Crippen LogP contribution in [0.15, 0.2) is 0 Å². The molecule has 0 aliphatic rings. The van der Waals surface area contributed by atoms with Crippen LogP contribution in [-0.2, 0) is 9.84 Å². The third kappa shape index (κ3) is 8.09. The van der Waals surface area contributed by atoms with Gasteiger partial charge in [0.1, 0.15) is 9.84 Å². The molecule has 110 valence electrons. The van der Waals surface area contributed by atoms with Gasteiger partial charge in [0.25, 0.3) is 0 Å². The van der Waals surface area contributed by atoms with Crippen LogP contribution in [0.2, 0.25) is 0 Å². The summed E-state index contributed by atoms with van der Waals surface area (Å²) in [7, 11) is -2.91. The Morgan fingerprint density at radius 3 is 1.83 bits per heavy atom. The molecule has 0 amide bonds. The fourth-order valence-electron chi connectivity index (χ4n) is 2.57. The second-order valence-corrected chi connectivity index (χ2v) is 8.73. The second-order valence-electron chi connectivity index (χ2n) is 6.26. The summed E-state index contributed by atoms with van der Waals surface area (Å²) < 4.78 is 22.9. The Morgan fingerprint density at radius 2 is 1.50 bits per heavy atom. The van der Waals surface area contributed by atoms with E-state index in [4.69, 9.17) is 0 Å². The summed E-state index contributed by atoms with van der Waals surface area (Å²) >= 11 is 0. The lowest BCUT2D eigenvalue weighted by atomic mass is 9.82. The summed E-state index contributed by atoms with van der Waals surface area (Å²) in [5.74, 6) is 1.25. The van der Waals surface area contributed by atoms with Crippen LogP contribution < -0.4 is 0 Å². The molecule has 4 heteroatoms. The van der Waals surface area contributed by atoms with Gasteiger partial charge in [-0.15, -0.1) is 0 Å². The molecule has 0 aliphatic heterocycles. The summed E-state index contributed by atoms with van der Waals surface area (Å²) in [4.78, 5) is 0. The standard InChI is InChI=1S/C14H30O3S/c1-6-18(16,17)9-7-8-14(15,10-12(2)3)11-13(4)5/h12-13,15H,6-11H2,1-5H3. The third-order valence-corrected chi connectivity index (χ3v) is 4.90. The third-order valence-electron chi connectivity index (χ3n) is 3.11. The molecule has 0 bridgehead atoms. The highest BCUT2D eigenvalue weighted by Crippen LogP contribution is 2.29. The summed E-state index contributed by atoms with van der Waals surface area (Å²) in [5, 5.41) is 10.6. The molecule has 1 N–H and O–H groups in total. The van der Waals surface area contributed by atoms with Crippen LogP contribution in [0.5, 0.6) is 0 Å². The van der Waals surface area contributed by atoms with Crippen molar-refractivity contribution < 1.29 is 13.5 Å². The number of rotatable bonds is 9. The van der Waals surface area contributed by atoms with Crippen molar-refractivity contribution in [1.29, 1.82) is 0 Å². The summed E-state index contributed by atoms with van der Waals surface area (Å²) in [5.41, 5.74) is -0.703. The number of hydrogen-bond donors (Lipinski definition) is 1. The van der Waals surface area contributed by atoms with E-state index in [0.717, 1.165) is 12.8 Å². The molecule has 0 aliphatic carbocycles. The molecule has 0 heterocycles. The van der Waals surface area contributed by atoms with Crippen molar-refractivity contribution in [3.63, 3.8) is 0 Å². The van der Waals surface area contributed by atoms with Gasteiger partial charge in [-0.05, 0) is 37.5 Å². The average molecular weight is 278 g/mol. The normalized spacial score (nSPS) is 13.6. The van der Waals surface area contributed by atoms with Gasteiger partial charge in [0.05, 0.1) is 11.4 Å². The van der Waals surface area contributed by atoms with Gasteiger partial charge >= 0.3 is 0 Å². The molecule has 0 saturated heterocycles. The summed E-state index contributed by atoms with van der Waals surface area (Å²) in [6.45, 7) is 10.0. The number of sulfone groups is 1. The first-order valence-corrected chi connectivity index (χ1v) is 8.85. The molecule has 0 atom stereocenters. The van der Waals surface area contributed by atoms with Crippen molar-refractivity contribution >= 4 is 9.84 Å². The van der Waals surface area contributed by atoms with Gasteiger partial charge in [-0.25, -0.2) is 8.42 Å². The zero-order chi connectivity index (χ0) is 14.4. The van der Waals surface area contributed by atoms with Crippen LogP contribution in [0, 0.1) is 11.8 Å². The molecule has 18 heavy (non-hydrogen) atoms. The van der Waals surface area contributed by atoms with Gasteiger partial charge in [-0.2, -0.15) is 0 Å². The van der Waals surface area contributed by atoms with Crippen molar-refractivity contribution in [2.75, 3.05) is 11.5 Å². The van der Waals surface area contributed by atoms with Gasteiger partial charge in [-0.3, -0.25) is 0 Å². The zero-order valence-corrected chi connectivity index (χ0v) is 13.4. The molecule has 0 radical (unpaired) electrons. The van der Waals surface area contributed by atoms with Crippen LogP contribution >= 0.6 is 0 Å². The Balaban J connectivity index is 4.42. The van der Waals surface area contributed by atoms with Crippen LogP contribution in [0.4, 0.5) is 0 Å². The molecule has 0 aromatic carbocycles. The van der Waals surface area contributed by atoms with E-state index in [1.807, 2.05) is 0 Å². The molecule has 0 aromatic rings. The van der Waals surface area contributed by atoms with Crippen LogP contribution in [0.25, 0.3) is 0 Å². The fourth-order valence-corrected chi connectivity index (χ4v) is 3.45. The summed E-state index contributed by atoms with van der Waals surface area (Å²) in [6.07, 6.45) is 2.64. The van der Waals surface area contributed by atoms with E-state index in [0.29, 0.717) is 24.7 Å². The average Bonchev–Trinajstić information content (AvgIpc) is 2.14. The number of aliphatic hydroxyl groups is 1. The monoisotopic (exact) mass is 278 g/mol. The molecule has 0 rings (SSSR count). The van der Waals surface area contributed by atoms with Crippen molar-refractivity contribution in [3.8, 4) is 0 Å². The lowest BCUT2D eigenvalue weighted by molar-refractivity contribution is -0.00772. The lowest BCUT2D eigenvalue weighted by Gasteiger charge is -2.31. The van der Waals surface area contributed by atoms with Gasteiger partial charge in [0, 0.05) is 5.75 Å². The molecule has 0 saturated carbocycles. The maximum atomic E-state index is 11.4. The maximum absolute atomic E-state index is 11.4. The fraction of sp³-hybridized carbons (Fsp3) is 1.00. The van der Waals surface area contributed by atoms with E-state index in [1.165, 1.54) is 0 Å². The molecule has 0 aromatic heterocycles. The molecule has 0 spiro atoms. The van der Waals surface area contributed by atoms with Crippen molar-refractivity contribution in [2.45, 2.75) is 65.9 Å².